The third kappa shape index (κ3) is 8.64. The summed E-state index contributed by atoms with van der Waals surface area (Å²) in [5.74, 6) is 1.37. The summed E-state index contributed by atoms with van der Waals surface area (Å²) in [6.45, 7) is 6.78. The van der Waals surface area contributed by atoms with Gasteiger partial charge in [-0.3, -0.25) is 9.89 Å². The number of aliphatic imine (C=N–C) groups is 1. The number of guanidine groups is 1. The van der Waals surface area contributed by atoms with Crippen molar-refractivity contribution in [3.8, 4) is 0 Å². The van der Waals surface area contributed by atoms with Gasteiger partial charge in [0.15, 0.2) is 5.96 Å². The maximum absolute atomic E-state index is 13.8. The van der Waals surface area contributed by atoms with E-state index in [9.17, 15) is 4.39 Å². The van der Waals surface area contributed by atoms with E-state index in [1.165, 1.54) is 0 Å². The Morgan fingerprint density at radius 2 is 2.03 bits per heavy atom. The molecule has 170 valence electrons. The fourth-order valence-electron chi connectivity index (χ4n) is 3.85. The Morgan fingerprint density at radius 1 is 1.23 bits per heavy atom. The molecule has 2 N–H and O–H groups in total. The van der Waals surface area contributed by atoms with E-state index in [0.29, 0.717) is 12.5 Å². The van der Waals surface area contributed by atoms with E-state index < -0.39 is 0 Å². The van der Waals surface area contributed by atoms with Crippen molar-refractivity contribution in [2.45, 2.75) is 38.3 Å². The zero-order valence-corrected chi connectivity index (χ0v) is 20.3. The van der Waals surface area contributed by atoms with Crippen LogP contribution in [0.15, 0.2) is 29.3 Å². The highest BCUT2D eigenvalue weighted by molar-refractivity contribution is 14.0. The lowest BCUT2D eigenvalue weighted by Gasteiger charge is -2.32. The predicted molar refractivity (Wildman–Crippen MR) is 129 cm³/mol. The number of halogens is 2. The molecule has 1 unspecified atom stereocenters. The fourth-order valence-corrected chi connectivity index (χ4v) is 3.85. The van der Waals surface area contributed by atoms with Crippen LogP contribution in [0.5, 0.6) is 0 Å². The highest BCUT2D eigenvalue weighted by Crippen LogP contribution is 2.19. The van der Waals surface area contributed by atoms with Crippen molar-refractivity contribution in [1.82, 2.24) is 15.5 Å². The van der Waals surface area contributed by atoms with Crippen LogP contribution in [0.3, 0.4) is 0 Å². The van der Waals surface area contributed by atoms with Crippen LogP contribution >= 0.6 is 24.0 Å². The van der Waals surface area contributed by atoms with Crippen LogP contribution in [-0.4, -0.2) is 70.0 Å². The van der Waals surface area contributed by atoms with E-state index in [1.807, 2.05) is 12.1 Å². The minimum Gasteiger partial charge on any atom is -0.379 e. The summed E-state index contributed by atoms with van der Waals surface area (Å²) in [4.78, 5) is 6.65. The van der Waals surface area contributed by atoms with E-state index in [4.69, 9.17) is 9.47 Å². The lowest BCUT2D eigenvalue weighted by atomic mass is 9.96. The first-order valence-corrected chi connectivity index (χ1v) is 10.8. The van der Waals surface area contributed by atoms with Crippen LogP contribution in [-0.2, 0) is 16.0 Å². The molecule has 0 aliphatic carbocycles. The van der Waals surface area contributed by atoms with Gasteiger partial charge < -0.3 is 20.1 Å². The Balaban J connectivity index is 0.00000320. The molecule has 1 atom stereocenters. The van der Waals surface area contributed by atoms with Gasteiger partial charge in [-0.05, 0) is 50.8 Å². The summed E-state index contributed by atoms with van der Waals surface area (Å²) in [5, 5.41) is 6.80. The third-order valence-electron chi connectivity index (χ3n) is 5.70. The standard InChI is InChI=1S/C22H35FN4O2.HI/c1-24-22(25-10-4-13-29-20-9-14-28-17-20)26-15-18-7-11-27(12-8-18)16-19-5-2-3-6-21(19)23;/h2-3,5-6,18,20H,4,7-17H2,1H3,(H2,24,25,26);1H. The molecule has 3 rings (SSSR count). The Labute approximate surface area is 197 Å². The van der Waals surface area contributed by atoms with Gasteiger partial charge in [0.1, 0.15) is 5.82 Å². The minimum absolute atomic E-state index is 0. The van der Waals surface area contributed by atoms with Gasteiger partial charge in [-0.15, -0.1) is 24.0 Å². The van der Waals surface area contributed by atoms with Gasteiger partial charge in [-0.25, -0.2) is 4.39 Å². The molecule has 6 nitrogen and oxygen atoms in total. The molecule has 0 aromatic heterocycles. The average molecular weight is 534 g/mol. The Kier molecular flexibility index (Phi) is 11.9. The van der Waals surface area contributed by atoms with Crippen molar-refractivity contribution in [3.05, 3.63) is 35.6 Å². The Hall–Kier alpha value is -0.970. The molecule has 0 bridgehead atoms. The predicted octanol–water partition coefficient (Wildman–Crippen LogP) is 3.02. The Bertz CT molecular complexity index is 635. The zero-order valence-electron chi connectivity index (χ0n) is 17.9. The van der Waals surface area contributed by atoms with E-state index >= 15 is 0 Å². The first-order chi connectivity index (χ1) is 14.2. The molecule has 0 radical (unpaired) electrons. The van der Waals surface area contributed by atoms with Crippen molar-refractivity contribution in [2.75, 3.05) is 53.0 Å². The van der Waals surface area contributed by atoms with Gasteiger partial charge in [-0.2, -0.15) is 0 Å². The highest BCUT2D eigenvalue weighted by atomic mass is 127. The number of benzene rings is 1. The third-order valence-corrected chi connectivity index (χ3v) is 5.70. The molecule has 2 saturated heterocycles. The summed E-state index contributed by atoms with van der Waals surface area (Å²) in [5.41, 5.74) is 0.790. The smallest absolute Gasteiger partial charge is 0.190 e. The second-order valence-corrected chi connectivity index (χ2v) is 7.90. The van der Waals surface area contributed by atoms with Crippen LogP contribution in [0.2, 0.25) is 0 Å². The van der Waals surface area contributed by atoms with Crippen LogP contribution < -0.4 is 10.6 Å². The monoisotopic (exact) mass is 534 g/mol. The second kappa shape index (κ2) is 14.2. The number of hydrogen-bond donors (Lipinski definition) is 2. The van der Waals surface area contributed by atoms with Gasteiger partial charge in [0.25, 0.3) is 0 Å². The molecule has 2 aliphatic rings. The summed E-state index contributed by atoms with van der Waals surface area (Å²) in [6.07, 6.45) is 4.48. The van der Waals surface area contributed by atoms with E-state index in [1.54, 1.807) is 19.2 Å². The van der Waals surface area contributed by atoms with Crippen molar-refractivity contribution >= 4 is 29.9 Å². The highest BCUT2D eigenvalue weighted by Gasteiger charge is 2.20. The number of ether oxygens (including phenoxy) is 2. The normalized spacial score (nSPS) is 20.7. The number of rotatable bonds is 9. The number of hydrogen-bond acceptors (Lipinski definition) is 4. The topological polar surface area (TPSA) is 58.1 Å². The first-order valence-electron chi connectivity index (χ1n) is 10.8. The van der Waals surface area contributed by atoms with Crippen molar-refractivity contribution in [3.63, 3.8) is 0 Å². The summed E-state index contributed by atoms with van der Waals surface area (Å²) < 4.78 is 24.9. The molecule has 0 saturated carbocycles. The minimum atomic E-state index is -0.104. The van der Waals surface area contributed by atoms with Gasteiger partial charge in [0.05, 0.1) is 12.7 Å². The number of nitrogens with zero attached hydrogens (tertiary/aromatic N) is 2. The van der Waals surface area contributed by atoms with Gasteiger partial charge in [0.2, 0.25) is 0 Å². The van der Waals surface area contributed by atoms with Crippen LogP contribution in [0.4, 0.5) is 4.39 Å². The Morgan fingerprint density at radius 3 is 2.73 bits per heavy atom. The van der Waals surface area contributed by atoms with Gasteiger partial charge >= 0.3 is 0 Å². The number of piperidine rings is 1. The molecule has 2 fully saturated rings. The quantitative estimate of drug-likeness (QED) is 0.221. The van der Waals surface area contributed by atoms with Gasteiger partial charge in [-0.1, -0.05) is 18.2 Å². The zero-order chi connectivity index (χ0) is 20.3. The molecule has 0 amide bonds. The van der Waals surface area contributed by atoms with E-state index in [2.05, 4.69) is 20.5 Å². The molecule has 30 heavy (non-hydrogen) atoms. The van der Waals surface area contributed by atoms with Crippen LogP contribution in [0.1, 0.15) is 31.2 Å². The molecule has 8 heteroatoms. The molecule has 2 aliphatic heterocycles. The molecular weight excluding hydrogens is 498 g/mol. The molecule has 0 spiro atoms. The maximum Gasteiger partial charge on any atom is 0.190 e. The largest absolute Gasteiger partial charge is 0.379 e. The van der Waals surface area contributed by atoms with Crippen LogP contribution in [0.25, 0.3) is 0 Å². The lowest BCUT2D eigenvalue weighted by Crippen LogP contribution is -2.43. The number of nitrogens with one attached hydrogen (secondary N) is 2. The number of likely N-dealkylation sites (tertiary alicyclic amines) is 1. The summed E-state index contributed by atoms with van der Waals surface area (Å²) in [6, 6.07) is 7.07. The SMILES string of the molecule is CN=C(NCCCOC1CCOC1)NCC1CCN(Cc2ccccc2F)CC1.I. The summed E-state index contributed by atoms with van der Waals surface area (Å²) >= 11 is 0. The second-order valence-electron chi connectivity index (χ2n) is 7.90. The van der Waals surface area contributed by atoms with Crippen molar-refractivity contribution in [2.24, 2.45) is 10.9 Å². The first kappa shape index (κ1) is 25.3. The molecular formula is C22H36FIN4O2. The summed E-state index contributed by atoms with van der Waals surface area (Å²) in [7, 11) is 1.80. The van der Waals surface area contributed by atoms with Crippen LogP contribution in [0, 0.1) is 11.7 Å². The average Bonchev–Trinajstić information content (AvgIpc) is 3.26. The maximum atomic E-state index is 13.8. The van der Waals surface area contributed by atoms with Gasteiger partial charge in [0, 0.05) is 45.5 Å². The van der Waals surface area contributed by atoms with Crippen molar-refractivity contribution < 1.29 is 13.9 Å². The fraction of sp³-hybridized carbons (Fsp3) is 0.682. The van der Waals surface area contributed by atoms with E-state index in [-0.39, 0.29) is 35.9 Å². The lowest BCUT2D eigenvalue weighted by molar-refractivity contribution is 0.0420. The van der Waals surface area contributed by atoms with Crippen molar-refractivity contribution in [1.29, 1.82) is 0 Å². The molecule has 2 heterocycles. The molecule has 1 aromatic carbocycles. The molecule has 1 aromatic rings. The van der Waals surface area contributed by atoms with E-state index in [0.717, 1.165) is 83.2 Å².